The summed E-state index contributed by atoms with van der Waals surface area (Å²) in [4.78, 5) is 24.4. The van der Waals surface area contributed by atoms with Crippen molar-refractivity contribution >= 4 is 51.1 Å². The van der Waals surface area contributed by atoms with E-state index in [0.29, 0.717) is 5.16 Å². The number of nitrogens with zero attached hydrogens (tertiary/aromatic N) is 4. The highest BCUT2D eigenvalue weighted by molar-refractivity contribution is 8.00. The molecule has 0 aliphatic carbocycles. The van der Waals surface area contributed by atoms with E-state index in [1.165, 1.54) is 29.0 Å². The lowest BCUT2D eigenvalue weighted by atomic mass is 10.1. The first kappa shape index (κ1) is 18.2. The van der Waals surface area contributed by atoms with Crippen LogP contribution >= 0.6 is 11.8 Å². The number of para-hydroxylation sites is 1. The minimum atomic E-state index is -0.380. The Bertz CT molecular complexity index is 1170. The lowest BCUT2D eigenvalue weighted by molar-refractivity contribution is -0.115. The van der Waals surface area contributed by atoms with Gasteiger partial charge in [0.15, 0.2) is 5.16 Å². The second-order valence-corrected chi connectivity index (χ2v) is 7.68. The molecular formula is C20H20N6OS. The molecule has 2 aromatic heterocycles. The van der Waals surface area contributed by atoms with Crippen molar-refractivity contribution in [2.45, 2.75) is 30.8 Å². The molecule has 142 valence electrons. The van der Waals surface area contributed by atoms with E-state index in [9.17, 15) is 4.79 Å². The fourth-order valence-corrected chi connectivity index (χ4v) is 4.01. The molecule has 7 nitrogen and oxygen atoms in total. The highest BCUT2D eigenvalue weighted by Crippen LogP contribution is 2.31. The van der Waals surface area contributed by atoms with E-state index in [4.69, 9.17) is 5.73 Å². The third-order valence-electron chi connectivity index (χ3n) is 4.58. The lowest BCUT2D eigenvalue weighted by Gasteiger charge is -2.11. The highest BCUT2D eigenvalue weighted by atomic mass is 32.2. The van der Waals surface area contributed by atoms with E-state index in [1.54, 1.807) is 0 Å². The van der Waals surface area contributed by atoms with Gasteiger partial charge in [-0.25, -0.2) is 9.97 Å². The van der Waals surface area contributed by atoms with Crippen molar-refractivity contribution in [2.24, 2.45) is 0 Å². The van der Waals surface area contributed by atoms with E-state index in [-0.39, 0.29) is 17.1 Å². The molecule has 0 saturated carbocycles. The molecule has 1 unspecified atom stereocenters. The average Bonchev–Trinajstić information content (AvgIpc) is 3.01. The van der Waals surface area contributed by atoms with Crippen LogP contribution in [0.2, 0.25) is 0 Å². The van der Waals surface area contributed by atoms with Gasteiger partial charge in [-0.2, -0.15) is 4.98 Å². The van der Waals surface area contributed by atoms with Gasteiger partial charge in [0, 0.05) is 34.0 Å². The molecule has 1 atom stereocenters. The summed E-state index contributed by atoms with van der Waals surface area (Å²) in [6.07, 6.45) is 1.34. The first-order valence-corrected chi connectivity index (χ1v) is 9.88. The van der Waals surface area contributed by atoms with Crippen molar-refractivity contribution in [3.05, 3.63) is 48.8 Å². The van der Waals surface area contributed by atoms with E-state index in [0.717, 1.165) is 23.1 Å². The molecular weight excluding hydrogens is 372 g/mol. The summed E-state index contributed by atoms with van der Waals surface area (Å²) < 4.78 is 2.28. The SMILES string of the molecule is CCn1c2ccccc2c2cc(NC(=O)C(C)Sc3ncnc(N)n3)ccc21. The number of rotatable bonds is 5. The monoisotopic (exact) mass is 392 g/mol. The van der Waals surface area contributed by atoms with Gasteiger partial charge in [0.2, 0.25) is 11.9 Å². The number of nitrogens with one attached hydrogen (secondary N) is 1. The average molecular weight is 392 g/mol. The van der Waals surface area contributed by atoms with Crippen LogP contribution in [-0.2, 0) is 11.3 Å². The third-order valence-corrected chi connectivity index (χ3v) is 5.55. The second kappa shape index (κ2) is 7.47. The number of nitrogen functional groups attached to an aromatic ring is 1. The van der Waals surface area contributed by atoms with Crippen molar-refractivity contribution in [1.29, 1.82) is 0 Å². The number of hydrogen-bond donors (Lipinski definition) is 2. The van der Waals surface area contributed by atoms with Crippen molar-refractivity contribution in [3.63, 3.8) is 0 Å². The number of fused-ring (bicyclic) bond motifs is 3. The Morgan fingerprint density at radius 2 is 1.96 bits per heavy atom. The molecule has 0 radical (unpaired) electrons. The molecule has 1 amide bonds. The number of thioether (sulfide) groups is 1. The maximum Gasteiger partial charge on any atom is 0.237 e. The van der Waals surface area contributed by atoms with Crippen LogP contribution in [0.25, 0.3) is 21.8 Å². The lowest BCUT2D eigenvalue weighted by Crippen LogP contribution is -2.22. The Hall–Kier alpha value is -3.13. The zero-order valence-corrected chi connectivity index (χ0v) is 16.4. The number of aryl methyl sites for hydroxylation is 1. The van der Waals surface area contributed by atoms with Crippen LogP contribution in [0.4, 0.5) is 11.6 Å². The maximum atomic E-state index is 12.6. The topological polar surface area (TPSA) is 98.7 Å². The quantitative estimate of drug-likeness (QED) is 0.503. The molecule has 3 N–H and O–H groups in total. The Labute approximate surface area is 166 Å². The summed E-state index contributed by atoms with van der Waals surface area (Å²) in [7, 11) is 0. The summed E-state index contributed by atoms with van der Waals surface area (Å²) in [6.45, 7) is 4.83. The van der Waals surface area contributed by atoms with Gasteiger partial charge in [-0.1, -0.05) is 30.0 Å². The molecule has 0 saturated heterocycles. The molecule has 4 rings (SSSR count). The zero-order valence-electron chi connectivity index (χ0n) is 15.6. The van der Waals surface area contributed by atoms with E-state index in [2.05, 4.69) is 50.0 Å². The van der Waals surface area contributed by atoms with Gasteiger partial charge >= 0.3 is 0 Å². The molecule has 2 aromatic carbocycles. The van der Waals surface area contributed by atoms with Gasteiger partial charge in [0.1, 0.15) is 6.33 Å². The Kier molecular flexibility index (Phi) is 4.87. The number of anilines is 2. The predicted octanol–water partition coefficient (Wildman–Crippen LogP) is 3.70. The maximum absolute atomic E-state index is 12.6. The van der Waals surface area contributed by atoms with Gasteiger partial charge in [-0.15, -0.1) is 0 Å². The van der Waals surface area contributed by atoms with Crippen molar-refractivity contribution < 1.29 is 4.79 Å². The third kappa shape index (κ3) is 3.38. The van der Waals surface area contributed by atoms with Crippen LogP contribution in [-0.4, -0.2) is 30.7 Å². The number of benzene rings is 2. The number of nitrogens with two attached hydrogens (primary N) is 1. The normalized spacial score (nSPS) is 12.4. The van der Waals surface area contributed by atoms with Crippen molar-refractivity contribution in [1.82, 2.24) is 19.5 Å². The molecule has 0 spiro atoms. The van der Waals surface area contributed by atoms with Gasteiger partial charge in [0.25, 0.3) is 0 Å². The van der Waals surface area contributed by atoms with Crippen LogP contribution in [0.5, 0.6) is 0 Å². The van der Waals surface area contributed by atoms with Crippen LogP contribution < -0.4 is 11.1 Å². The molecule has 4 aromatic rings. The molecule has 2 heterocycles. The number of aromatic nitrogens is 4. The van der Waals surface area contributed by atoms with E-state index < -0.39 is 0 Å². The standard InChI is InChI=1S/C20H20N6OS/c1-3-26-16-7-5-4-6-14(16)15-10-13(8-9-17(15)26)24-18(27)12(2)28-20-23-11-22-19(21)25-20/h4-12H,3H2,1-2H3,(H,24,27)(H2,21,22,23,25). The van der Waals surface area contributed by atoms with Crippen LogP contribution in [0.1, 0.15) is 13.8 Å². The Morgan fingerprint density at radius 3 is 2.75 bits per heavy atom. The Morgan fingerprint density at radius 1 is 1.18 bits per heavy atom. The van der Waals surface area contributed by atoms with Gasteiger partial charge in [-0.3, -0.25) is 4.79 Å². The fraction of sp³-hybridized carbons (Fsp3) is 0.200. The first-order valence-electron chi connectivity index (χ1n) is 9.00. The van der Waals surface area contributed by atoms with Crippen LogP contribution in [0.3, 0.4) is 0 Å². The number of hydrogen-bond acceptors (Lipinski definition) is 6. The number of carbonyl (C=O) groups is 1. The molecule has 0 fully saturated rings. The molecule has 8 heteroatoms. The molecule has 0 bridgehead atoms. The van der Waals surface area contributed by atoms with Gasteiger partial charge in [-0.05, 0) is 38.1 Å². The first-order chi connectivity index (χ1) is 13.6. The van der Waals surface area contributed by atoms with Gasteiger partial charge in [0.05, 0.1) is 5.25 Å². The number of amides is 1. The second-order valence-electron chi connectivity index (χ2n) is 6.37. The summed E-state index contributed by atoms with van der Waals surface area (Å²) in [5.74, 6) is 0.0189. The van der Waals surface area contributed by atoms with Crippen molar-refractivity contribution in [2.75, 3.05) is 11.1 Å². The van der Waals surface area contributed by atoms with E-state index >= 15 is 0 Å². The smallest absolute Gasteiger partial charge is 0.237 e. The largest absolute Gasteiger partial charge is 0.368 e. The Balaban J connectivity index is 1.59. The summed E-state index contributed by atoms with van der Waals surface area (Å²) in [5.41, 5.74) is 8.68. The van der Waals surface area contributed by atoms with Crippen LogP contribution in [0.15, 0.2) is 53.9 Å². The fourth-order valence-electron chi connectivity index (χ4n) is 3.28. The summed E-state index contributed by atoms with van der Waals surface area (Å²) in [5, 5.41) is 5.34. The predicted molar refractivity (Wildman–Crippen MR) is 113 cm³/mol. The van der Waals surface area contributed by atoms with E-state index in [1.807, 2.05) is 31.2 Å². The summed E-state index contributed by atoms with van der Waals surface area (Å²) in [6, 6.07) is 14.3. The minimum absolute atomic E-state index is 0.123. The summed E-state index contributed by atoms with van der Waals surface area (Å²) >= 11 is 1.24. The van der Waals surface area contributed by atoms with Gasteiger partial charge < -0.3 is 15.6 Å². The van der Waals surface area contributed by atoms with Crippen molar-refractivity contribution in [3.8, 4) is 0 Å². The molecule has 28 heavy (non-hydrogen) atoms. The minimum Gasteiger partial charge on any atom is -0.368 e. The molecule has 0 aliphatic rings. The highest BCUT2D eigenvalue weighted by Gasteiger charge is 2.17. The molecule has 0 aliphatic heterocycles. The van der Waals surface area contributed by atoms with Crippen LogP contribution in [0, 0.1) is 0 Å². The zero-order chi connectivity index (χ0) is 19.7. The number of carbonyl (C=O) groups excluding carboxylic acids is 1.